The fraction of sp³-hybridized carbons (Fsp3) is 0.316. The molecule has 10 heteroatoms. The van der Waals surface area contributed by atoms with Crippen molar-refractivity contribution in [2.45, 2.75) is 32.1 Å². The Bertz CT molecular complexity index is 1130. The first-order valence-electron chi connectivity index (χ1n) is 8.79. The summed E-state index contributed by atoms with van der Waals surface area (Å²) in [5.74, 6) is 0.259. The van der Waals surface area contributed by atoms with Gasteiger partial charge in [0.15, 0.2) is 0 Å². The summed E-state index contributed by atoms with van der Waals surface area (Å²) in [4.78, 5) is 11.7. The lowest BCUT2D eigenvalue weighted by Crippen LogP contribution is -2.36. The van der Waals surface area contributed by atoms with Crippen molar-refractivity contribution in [3.8, 4) is 11.4 Å². The lowest BCUT2D eigenvalue weighted by atomic mass is 10.2. The maximum absolute atomic E-state index is 12.2. The van der Waals surface area contributed by atoms with Crippen LogP contribution in [0.15, 0.2) is 42.5 Å². The van der Waals surface area contributed by atoms with Crippen LogP contribution in [0.25, 0.3) is 16.7 Å². The van der Waals surface area contributed by atoms with Crippen molar-refractivity contribution in [2.24, 2.45) is 0 Å². The van der Waals surface area contributed by atoms with Crippen LogP contribution < -0.4 is 9.46 Å². The van der Waals surface area contributed by atoms with E-state index < -0.39 is 21.7 Å². The van der Waals surface area contributed by atoms with E-state index in [1.54, 1.807) is 56.8 Å². The van der Waals surface area contributed by atoms with Crippen molar-refractivity contribution >= 4 is 27.1 Å². The zero-order valence-electron chi connectivity index (χ0n) is 16.5. The standard InChI is InChI=1S/C19H22N4O5S/c1-19(2,3)28-18(24)21-29(25,26)12-13-8-10-14(11-9-13)23-17-15(20-22-23)6-5-7-16(17)27-4/h5-11H,12H2,1-4H3,(H,21,24). The van der Waals surface area contributed by atoms with Gasteiger partial charge in [0.2, 0.25) is 10.0 Å². The summed E-state index contributed by atoms with van der Waals surface area (Å²) in [6.07, 6.45) is -1.00. The summed E-state index contributed by atoms with van der Waals surface area (Å²) in [7, 11) is -2.33. The number of nitrogens with one attached hydrogen (secondary N) is 1. The first-order chi connectivity index (χ1) is 13.6. The van der Waals surface area contributed by atoms with Gasteiger partial charge in [0, 0.05) is 0 Å². The van der Waals surface area contributed by atoms with E-state index in [0.717, 1.165) is 0 Å². The summed E-state index contributed by atoms with van der Waals surface area (Å²) in [6.45, 7) is 4.96. The minimum atomic E-state index is -3.90. The van der Waals surface area contributed by atoms with E-state index in [0.29, 0.717) is 28.0 Å². The Balaban J connectivity index is 1.78. The van der Waals surface area contributed by atoms with Gasteiger partial charge in [0.1, 0.15) is 22.4 Å². The third kappa shape index (κ3) is 5.02. The molecule has 2 aromatic carbocycles. The largest absolute Gasteiger partial charge is 0.494 e. The summed E-state index contributed by atoms with van der Waals surface area (Å²) in [5, 5.41) is 8.27. The van der Waals surface area contributed by atoms with E-state index in [4.69, 9.17) is 9.47 Å². The van der Waals surface area contributed by atoms with Gasteiger partial charge in [0.25, 0.3) is 0 Å². The summed E-state index contributed by atoms with van der Waals surface area (Å²) in [5.41, 5.74) is 1.79. The molecule has 0 saturated heterocycles. The van der Waals surface area contributed by atoms with E-state index in [9.17, 15) is 13.2 Å². The van der Waals surface area contributed by atoms with Gasteiger partial charge < -0.3 is 9.47 Å². The molecule has 0 aliphatic heterocycles. The van der Waals surface area contributed by atoms with Crippen molar-refractivity contribution in [3.63, 3.8) is 0 Å². The number of fused-ring (bicyclic) bond motifs is 1. The van der Waals surface area contributed by atoms with E-state index in [1.807, 2.05) is 22.9 Å². The maximum Gasteiger partial charge on any atom is 0.421 e. The van der Waals surface area contributed by atoms with E-state index in [2.05, 4.69) is 10.3 Å². The second-order valence-corrected chi connectivity index (χ2v) is 9.08. The van der Waals surface area contributed by atoms with Crippen LogP contribution in [0.4, 0.5) is 4.79 Å². The Hall–Kier alpha value is -3.14. The molecular formula is C19H22N4O5S. The highest BCUT2D eigenvalue weighted by atomic mass is 32.2. The molecule has 1 aromatic heterocycles. The molecule has 0 spiro atoms. The van der Waals surface area contributed by atoms with Gasteiger partial charge >= 0.3 is 6.09 Å². The van der Waals surface area contributed by atoms with Crippen molar-refractivity contribution < 1.29 is 22.7 Å². The number of nitrogens with zero attached hydrogens (tertiary/aromatic N) is 3. The third-order valence-electron chi connectivity index (χ3n) is 3.83. The number of benzene rings is 2. The lowest BCUT2D eigenvalue weighted by Gasteiger charge is -2.19. The van der Waals surface area contributed by atoms with Crippen LogP contribution in [0, 0.1) is 0 Å². The first-order valence-corrected chi connectivity index (χ1v) is 10.4. The Morgan fingerprint density at radius 3 is 2.45 bits per heavy atom. The Morgan fingerprint density at radius 2 is 1.83 bits per heavy atom. The number of hydrogen-bond donors (Lipinski definition) is 1. The molecule has 0 unspecified atom stereocenters. The molecule has 1 N–H and O–H groups in total. The summed E-state index contributed by atoms with van der Waals surface area (Å²) in [6, 6.07) is 12.2. The lowest BCUT2D eigenvalue weighted by molar-refractivity contribution is 0.0570. The van der Waals surface area contributed by atoms with Gasteiger partial charge in [-0.3, -0.25) is 0 Å². The van der Waals surface area contributed by atoms with Crippen molar-refractivity contribution in [2.75, 3.05) is 7.11 Å². The molecule has 0 radical (unpaired) electrons. The fourth-order valence-electron chi connectivity index (χ4n) is 2.70. The average molecular weight is 418 g/mol. The molecule has 0 aliphatic rings. The molecule has 0 bridgehead atoms. The zero-order valence-corrected chi connectivity index (χ0v) is 17.4. The number of methoxy groups -OCH3 is 1. The van der Waals surface area contributed by atoms with Crippen LogP contribution in [-0.2, 0) is 20.5 Å². The first kappa shape index (κ1) is 20.6. The molecule has 3 aromatic rings. The minimum absolute atomic E-state index is 0.367. The molecule has 1 heterocycles. The van der Waals surface area contributed by atoms with Gasteiger partial charge in [-0.15, -0.1) is 5.10 Å². The second kappa shape index (κ2) is 7.70. The molecule has 1 amide bonds. The zero-order chi connectivity index (χ0) is 21.2. The number of para-hydroxylation sites is 1. The van der Waals surface area contributed by atoms with Crippen LogP contribution in [0.5, 0.6) is 5.75 Å². The van der Waals surface area contributed by atoms with Crippen LogP contribution >= 0.6 is 0 Å². The SMILES string of the molecule is COc1cccc2nnn(-c3ccc(CS(=O)(=O)NC(=O)OC(C)(C)C)cc3)c12. The van der Waals surface area contributed by atoms with Gasteiger partial charge in [-0.25, -0.2) is 22.6 Å². The Kier molecular flexibility index (Phi) is 5.47. The highest BCUT2D eigenvalue weighted by molar-refractivity contribution is 7.89. The number of hydrogen-bond acceptors (Lipinski definition) is 7. The molecule has 0 atom stereocenters. The molecular weight excluding hydrogens is 396 g/mol. The molecule has 0 aliphatic carbocycles. The molecule has 0 saturated carbocycles. The fourth-order valence-corrected chi connectivity index (χ4v) is 3.70. The number of sulfonamides is 1. The smallest absolute Gasteiger partial charge is 0.421 e. The number of aromatic nitrogens is 3. The average Bonchev–Trinajstić information content (AvgIpc) is 3.04. The van der Waals surface area contributed by atoms with Crippen LogP contribution in [-0.4, -0.2) is 42.2 Å². The van der Waals surface area contributed by atoms with Crippen LogP contribution in [0.1, 0.15) is 26.3 Å². The predicted octanol–water partition coefficient (Wildman–Crippen LogP) is 2.78. The van der Waals surface area contributed by atoms with Crippen LogP contribution in [0.2, 0.25) is 0 Å². The maximum atomic E-state index is 12.2. The van der Waals surface area contributed by atoms with Gasteiger partial charge in [-0.1, -0.05) is 23.4 Å². The number of carbonyl (C=O) groups excluding carboxylic acids is 1. The summed E-state index contributed by atoms with van der Waals surface area (Å²) >= 11 is 0. The number of ether oxygens (including phenoxy) is 2. The topological polar surface area (TPSA) is 112 Å². The highest BCUT2D eigenvalue weighted by Gasteiger charge is 2.22. The van der Waals surface area contributed by atoms with E-state index in [-0.39, 0.29) is 5.75 Å². The highest BCUT2D eigenvalue weighted by Crippen LogP contribution is 2.26. The van der Waals surface area contributed by atoms with E-state index >= 15 is 0 Å². The van der Waals surface area contributed by atoms with Crippen molar-refractivity contribution in [3.05, 3.63) is 48.0 Å². The number of amides is 1. The number of carbonyl (C=O) groups is 1. The predicted molar refractivity (Wildman–Crippen MR) is 107 cm³/mol. The van der Waals surface area contributed by atoms with Gasteiger partial charge in [-0.05, 0) is 50.6 Å². The van der Waals surface area contributed by atoms with Crippen LogP contribution in [0.3, 0.4) is 0 Å². The van der Waals surface area contributed by atoms with Gasteiger partial charge in [0.05, 0.1) is 18.6 Å². The quantitative estimate of drug-likeness (QED) is 0.678. The summed E-state index contributed by atoms with van der Waals surface area (Å²) < 4.78 is 38.3. The van der Waals surface area contributed by atoms with Crippen molar-refractivity contribution in [1.29, 1.82) is 0 Å². The monoisotopic (exact) mass is 418 g/mol. The number of rotatable bonds is 5. The van der Waals surface area contributed by atoms with E-state index in [1.165, 1.54) is 0 Å². The Morgan fingerprint density at radius 1 is 1.14 bits per heavy atom. The molecule has 3 rings (SSSR count). The minimum Gasteiger partial charge on any atom is -0.494 e. The van der Waals surface area contributed by atoms with Crippen molar-refractivity contribution in [1.82, 2.24) is 19.7 Å². The Labute approximate surface area is 168 Å². The molecule has 9 nitrogen and oxygen atoms in total. The van der Waals surface area contributed by atoms with Gasteiger partial charge in [-0.2, -0.15) is 0 Å². The molecule has 29 heavy (non-hydrogen) atoms. The third-order valence-corrected chi connectivity index (χ3v) is 5.02. The molecule has 0 fully saturated rings. The normalized spacial score (nSPS) is 12.0. The molecule has 154 valence electrons. The second-order valence-electron chi connectivity index (χ2n) is 7.36.